The van der Waals surface area contributed by atoms with Crippen molar-refractivity contribution in [2.24, 2.45) is 0 Å². The zero-order valence-electron chi connectivity index (χ0n) is 16.8. The van der Waals surface area contributed by atoms with E-state index in [-0.39, 0.29) is 12.5 Å². The van der Waals surface area contributed by atoms with Gasteiger partial charge in [0.1, 0.15) is 6.04 Å². The van der Waals surface area contributed by atoms with Gasteiger partial charge in [0.05, 0.1) is 0 Å². The first-order chi connectivity index (χ1) is 13.0. The Kier molecular flexibility index (Phi) is 13.6. The highest BCUT2D eigenvalue weighted by molar-refractivity contribution is 7.99. The zero-order chi connectivity index (χ0) is 19.9. The zero-order valence-corrected chi connectivity index (χ0v) is 17.6. The first kappa shape index (κ1) is 24.2. The maximum Gasteiger partial charge on any atom is 0.327 e. The third-order valence-electron chi connectivity index (χ3n) is 5.09. The van der Waals surface area contributed by atoms with Crippen molar-refractivity contribution in [1.29, 1.82) is 0 Å². The van der Waals surface area contributed by atoms with Crippen molar-refractivity contribution in [3.63, 3.8) is 0 Å². The van der Waals surface area contributed by atoms with Crippen LogP contribution in [0.25, 0.3) is 0 Å². The van der Waals surface area contributed by atoms with Crippen LogP contribution >= 0.6 is 11.8 Å². The molecule has 7 heteroatoms. The van der Waals surface area contributed by atoms with Gasteiger partial charge in [-0.1, -0.05) is 38.5 Å². The molecule has 0 aromatic carbocycles. The fraction of sp³-hybridized carbons (Fsp3) is 0.900. The molecular weight excluding hydrogens is 364 g/mol. The van der Waals surface area contributed by atoms with Crippen molar-refractivity contribution < 1.29 is 19.8 Å². The number of aliphatic carboxylic acids is 1. The maximum absolute atomic E-state index is 10.6. The quantitative estimate of drug-likeness (QED) is 0.443. The molecule has 2 aliphatic rings. The number of carbonyl (C=O) groups excluding carboxylic acids is 1. The van der Waals surface area contributed by atoms with Crippen LogP contribution in [-0.4, -0.2) is 58.3 Å². The number of rotatable bonds is 9. The molecule has 0 unspecified atom stereocenters. The minimum Gasteiger partial charge on any atom is -0.480 e. The van der Waals surface area contributed by atoms with Crippen molar-refractivity contribution in [2.45, 2.75) is 95.7 Å². The van der Waals surface area contributed by atoms with Crippen LogP contribution < -0.4 is 10.6 Å². The fourth-order valence-electron chi connectivity index (χ4n) is 3.66. The number of carbonyl (C=O) groups is 2. The number of aliphatic hydroxyl groups is 1. The Bertz CT molecular complexity index is 395. The van der Waals surface area contributed by atoms with Gasteiger partial charge in [0.2, 0.25) is 5.91 Å². The summed E-state index contributed by atoms with van der Waals surface area (Å²) in [5, 5.41) is 23.4. The molecule has 2 saturated carbocycles. The Morgan fingerprint density at radius 1 is 1.00 bits per heavy atom. The summed E-state index contributed by atoms with van der Waals surface area (Å²) in [5.41, 5.74) is 0. The Labute approximate surface area is 168 Å². The molecule has 1 amide bonds. The minimum absolute atomic E-state index is 0.102. The van der Waals surface area contributed by atoms with Crippen LogP contribution in [0, 0.1) is 0 Å². The van der Waals surface area contributed by atoms with Gasteiger partial charge in [-0.2, -0.15) is 11.8 Å². The predicted octanol–water partition coefficient (Wildman–Crippen LogP) is 2.93. The summed E-state index contributed by atoms with van der Waals surface area (Å²) >= 11 is 1.40. The average Bonchev–Trinajstić information content (AvgIpc) is 2.66. The summed E-state index contributed by atoms with van der Waals surface area (Å²) < 4.78 is 0. The summed E-state index contributed by atoms with van der Waals surface area (Å²) in [7, 11) is 0. The van der Waals surface area contributed by atoms with E-state index in [1.54, 1.807) is 0 Å². The van der Waals surface area contributed by atoms with Crippen molar-refractivity contribution in [3.05, 3.63) is 0 Å². The molecule has 0 aromatic heterocycles. The molecule has 0 saturated heterocycles. The lowest BCUT2D eigenvalue weighted by molar-refractivity contribution is -0.140. The lowest BCUT2D eigenvalue weighted by Gasteiger charge is -2.30. The Morgan fingerprint density at radius 2 is 1.52 bits per heavy atom. The molecule has 0 aromatic rings. The molecule has 2 fully saturated rings. The van der Waals surface area contributed by atoms with Crippen LogP contribution in [0.15, 0.2) is 0 Å². The summed E-state index contributed by atoms with van der Waals surface area (Å²) in [6.45, 7) is 1.39. The molecule has 0 bridgehead atoms. The molecule has 2 rings (SSSR count). The monoisotopic (exact) mass is 402 g/mol. The third kappa shape index (κ3) is 12.3. The van der Waals surface area contributed by atoms with Crippen molar-refractivity contribution in [3.8, 4) is 0 Å². The highest BCUT2D eigenvalue weighted by Gasteiger charge is 2.19. The van der Waals surface area contributed by atoms with E-state index in [2.05, 4.69) is 10.6 Å². The summed E-state index contributed by atoms with van der Waals surface area (Å²) in [6.07, 6.45) is 15.2. The topological polar surface area (TPSA) is 98.7 Å². The number of nitrogens with one attached hydrogen (secondary N) is 2. The van der Waals surface area contributed by atoms with Gasteiger partial charge in [0, 0.05) is 31.4 Å². The van der Waals surface area contributed by atoms with Crippen molar-refractivity contribution in [2.75, 3.05) is 18.1 Å². The van der Waals surface area contributed by atoms with Gasteiger partial charge in [0.25, 0.3) is 0 Å². The highest BCUT2D eigenvalue weighted by Crippen LogP contribution is 2.22. The van der Waals surface area contributed by atoms with Crippen LogP contribution in [0.3, 0.4) is 0 Å². The number of aliphatic hydroxyl groups excluding tert-OH is 1. The number of hydrogen-bond acceptors (Lipinski definition) is 5. The first-order valence-electron chi connectivity index (χ1n) is 10.5. The van der Waals surface area contributed by atoms with E-state index in [1.807, 2.05) is 0 Å². The highest BCUT2D eigenvalue weighted by atomic mass is 32.2. The number of carboxylic acids is 1. The summed E-state index contributed by atoms with van der Waals surface area (Å²) in [5.74, 6) is -0.355. The smallest absolute Gasteiger partial charge is 0.327 e. The van der Waals surface area contributed by atoms with Gasteiger partial charge in [-0.05, 0) is 37.9 Å². The van der Waals surface area contributed by atoms with E-state index in [4.69, 9.17) is 10.2 Å². The number of amides is 1. The lowest BCUT2D eigenvalue weighted by Crippen LogP contribution is -2.41. The SMILES string of the molecule is C1CCC(NC2CCCCC2)CC1.CC(=O)N[C@@H](CSCCCO)C(=O)O. The van der Waals surface area contributed by atoms with Crippen LogP contribution in [0.1, 0.15) is 77.6 Å². The number of thioether (sulfide) groups is 1. The second-order valence-electron chi connectivity index (χ2n) is 7.58. The van der Waals surface area contributed by atoms with E-state index >= 15 is 0 Å². The molecule has 1 atom stereocenters. The van der Waals surface area contributed by atoms with E-state index in [1.165, 1.54) is 82.9 Å². The standard InChI is InChI=1S/C12H23N.C8H15NO4S/c1-3-7-11(8-4-1)13-12-9-5-2-6-10-12;1-6(11)9-7(8(12)13)5-14-4-2-3-10/h11-13H,1-10H2;7,10H,2-5H2,1H3,(H,9,11)(H,12,13)/t;7-/m.0/s1. The molecule has 0 heterocycles. The fourth-order valence-corrected chi connectivity index (χ4v) is 4.62. The number of hydrogen-bond donors (Lipinski definition) is 4. The second-order valence-corrected chi connectivity index (χ2v) is 8.73. The minimum atomic E-state index is -1.03. The van der Waals surface area contributed by atoms with Crippen LogP contribution in [0.2, 0.25) is 0 Å². The predicted molar refractivity (Wildman–Crippen MR) is 111 cm³/mol. The molecule has 27 heavy (non-hydrogen) atoms. The second kappa shape index (κ2) is 15.2. The molecule has 0 aliphatic heterocycles. The third-order valence-corrected chi connectivity index (χ3v) is 6.24. The van der Waals surface area contributed by atoms with Crippen molar-refractivity contribution in [1.82, 2.24) is 10.6 Å². The summed E-state index contributed by atoms with van der Waals surface area (Å²) in [6, 6.07) is 0.907. The normalized spacial score (nSPS) is 19.6. The molecule has 0 radical (unpaired) electrons. The van der Waals surface area contributed by atoms with E-state index in [0.29, 0.717) is 17.9 Å². The molecule has 4 N–H and O–H groups in total. The first-order valence-corrected chi connectivity index (χ1v) is 11.6. The average molecular weight is 403 g/mol. The van der Waals surface area contributed by atoms with Crippen LogP contribution in [0.4, 0.5) is 0 Å². The van der Waals surface area contributed by atoms with E-state index in [0.717, 1.165) is 12.1 Å². The molecule has 6 nitrogen and oxygen atoms in total. The number of carboxylic acid groups (broad SMARTS) is 1. The Balaban J connectivity index is 0.000000270. The van der Waals surface area contributed by atoms with Gasteiger partial charge in [-0.25, -0.2) is 4.79 Å². The largest absolute Gasteiger partial charge is 0.480 e. The van der Waals surface area contributed by atoms with Crippen LogP contribution in [0.5, 0.6) is 0 Å². The van der Waals surface area contributed by atoms with E-state index in [9.17, 15) is 9.59 Å². The van der Waals surface area contributed by atoms with Gasteiger partial charge in [-0.3, -0.25) is 4.79 Å². The van der Waals surface area contributed by atoms with Gasteiger partial charge in [-0.15, -0.1) is 0 Å². The molecule has 2 aliphatic carbocycles. The van der Waals surface area contributed by atoms with Gasteiger partial charge >= 0.3 is 5.97 Å². The Hall–Kier alpha value is -0.790. The van der Waals surface area contributed by atoms with Crippen LogP contribution in [-0.2, 0) is 9.59 Å². The maximum atomic E-state index is 10.6. The Morgan fingerprint density at radius 3 is 1.93 bits per heavy atom. The molecular formula is C20H38N2O4S. The van der Waals surface area contributed by atoms with Gasteiger partial charge < -0.3 is 20.8 Å². The molecule has 158 valence electrons. The molecule has 0 spiro atoms. The van der Waals surface area contributed by atoms with E-state index < -0.39 is 12.0 Å². The lowest BCUT2D eigenvalue weighted by atomic mass is 9.91. The summed E-state index contributed by atoms with van der Waals surface area (Å²) in [4.78, 5) is 21.2. The van der Waals surface area contributed by atoms with Crippen molar-refractivity contribution >= 4 is 23.6 Å². The van der Waals surface area contributed by atoms with Gasteiger partial charge in [0.15, 0.2) is 0 Å².